The summed E-state index contributed by atoms with van der Waals surface area (Å²) in [6.07, 6.45) is 11.2. The number of carbonyl (C=O) groups is 3. The molecule has 0 aromatic heterocycles. The molecule has 1 heterocycles. The fraction of sp³-hybridized carbons (Fsp3) is 0.452. The zero-order valence-corrected chi connectivity index (χ0v) is 23.6. The van der Waals surface area contributed by atoms with Crippen LogP contribution in [0.15, 0.2) is 65.1 Å². The van der Waals surface area contributed by atoms with Crippen LogP contribution in [-0.4, -0.2) is 36.6 Å². The number of amides is 1. The van der Waals surface area contributed by atoms with E-state index in [9.17, 15) is 14.4 Å². The van der Waals surface area contributed by atoms with Crippen molar-refractivity contribution in [3.8, 4) is 0 Å². The largest absolute Gasteiger partial charge is 0.461 e. The molecule has 1 amide bonds. The number of rotatable bonds is 17. The molecule has 1 saturated heterocycles. The Morgan fingerprint density at radius 3 is 2.55 bits per heavy atom. The molecule has 2 aromatic carbocycles. The van der Waals surface area contributed by atoms with Crippen molar-refractivity contribution in [2.75, 3.05) is 0 Å². The highest BCUT2D eigenvalue weighted by Crippen LogP contribution is 2.32. The van der Waals surface area contributed by atoms with E-state index >= 15 is 0 Å². The summed E-state index contributed by atoms with van der Waals surface area (Å²) in [4.78, 5) is 36.5. The zero-order chi connectivity index (χ0) is 27.2. The molecule has 4 atom stereocenters. The van der Waals surface area contributed by atoms with E-state index in [4.69, 9.17) is 9.47 Å². The fourth-order valence-electron chi connectivity index (χ4n) is 4.65. The van der Waals surface area contributed by atoms with Gasteiger partial charge in [0.15, 0.2) is 0 Å². The maximum Gasteiger partial charge on any atom is 0.329 e. The van der Waals surface area contributed by atoms with Gasteiger partial charge in [0, 0.05) is 17.3 Å². The van der Waals surface area contributed by atoms with Crippen LogP contribution in [0.25, 0.3) is 6.08 Å². The summed E-state index contributed by atoms with van der Waals surface area (Å²) in [5.74, 6) is -0.774. The third kappa shape index (κ3) is 9.75. The van der Waals surface area contributed by atoms with Crippen molar-refractivity contribution in [3.63, 3.8) is 0 Å². The molecule has 4 unspecified atom stereocenters. The topological polar surface area (TPSA) is 81.7 Å². The van der Waals surface area contributed by atoms with E-state index < -0.39 is 18.1 Å². The second kappa shape index (κ2) is 16.1. The molecule has 7 heteroatoms. The van der Waals surface area contributed by atoms with Gasteiger partial charge in [0.2, 0.25) is 6.41 Å². The van der Waals surface area contributed by atoms with E-state index in [0.717, 1.165) is 47.7 Å². The summed E-state index contributed by atoms with van der Waals surface area (Å²) in [6.45, 7) is 2.16. The Labute approximate surface area is 234 Å². The van der Waals surface area contributed by atoms with E-state index in [1.165, 1.54) is 0 Å². The Hall–Kier alpha value is -2.93. The van der Waals surface area contributed by atoms with E-state index in [2.05, 4.69) is 34.2 Å². The van der Waals surface area contributed by atoms with Crippen LogP contribution in [0.2, 0.25) is 0 Å². The van der Waals surface area contributed by atoms with Crippen molar-refractivity contribution in [1.82, 2.24) is 5.32 Å². The lowest BCUT2D eigenvalue weighted by Gasteiger charge is -2.37. The van der Waals surface area contributed by atoms with E-state index in [1.807, 2.05) is 60.7 Å². The standard InChI is InChI=1S/C31H38BrNO5/c1-2-3-4-8-15-27-29(38-30(27)35)21-26(14-10-9-11-23-16-18-25(32)19-17-23)37-31(36)28(33-22-34)20-24-12-6-5-7-13-24/h5-7,9,11-13,16-19,22,26-29H,2-4,8,10,14-15,20-21H2,1H3,(H,33,34)/b11-9+. The first-order valence-electron chi connectivity index (χ1n) is 13.6. The number of benzene rings is 2. The van der Waals surface area contributed by atoms with Gasteiger partial charge in [0.25, 0.3) is 0 Å². The molecule has 1 aliphatic rings. The first kappa shape index (κ1) is 29.6. The van der Waals surface area contributed by atoms with Crippen LogP contribution >= 0.6 is 15.9 Å². The molecule has 0 spiro atoms. The molecule has 0 aliphatic carbocycles. The summed E-state index contributed by atoms with van der Waals surface area (Å²) < 4.78 is 12.5. The smallest absolute Gasteiger partial charge is 0.329 e. The fourth-order valence-corrected chi connectivity index (χ4v) is 4.92. The van der Waals surface area contributed by atoms with Gasteiger partial charge in [0.1, 0.15) is 18.2 Å². The number of hydrogen-bond acceptors (Lipinski definition) is 5. The number of nitrogens with one attached hydrogen (secondary N) is 1. The highest BCUT2D eigenvalue weighted by Gasteiger charge is 2.43. The van der Waals surface area contributed by atoms with Gasteiger partial charge in [0.05, 0.1) is 5.92 Å². The Morgan fingerprint density at radius 1 is 1.11 bits per heavy atom. The number of cyclic esters (lactones) is 1. The van der Waals surface area contributed by atoms with Crippen LogP contribution in [0.1, 0.15) is 69.4 Å². The SMILES string of the molecule is CCCCCCC1C(=O)OC1CC(CC/C=C/c1ccc(Br)cc1)OC(=O)C(Cc1ccccc1)NC=O. The van der Waals surface area contributed by atoms with E-state index in [0.29, 0.717) is 32.1 Å². The molecular formula is C31H38BrNO5. The number of unbranched alkanes of at least 4 members (excludes halogenated alkanes) is 3. The molecule has 2 aromatic rings. The second-order valence-electron chi connectivity index (χ2n) is 9.78. The third-order valence-electron chi connectivity index (χ3n) is 6.84. The highest BCUT2D eigenvalue weighted by atomic mass is 79.9. The van der Waals surface area contributed by atoms with Crippen molar-refractivity contribution in [2.24, 2.45) is 5.92 Å². The van der Waals surface area contributed by atoms with Crippen LogP contribution in [-0.2, 0) is 30.3 Å². The van der Waals surface area contributed by atoms with E-state index in [-0.39, 0.29) is 18.0 Å². The normalized spacial score (nSPS) is 18.3. The lowest BCUT2D eigenvalue weighted by Crippen LogP contribution is -2.48. The predicted molar refractivity (Wildman–Crippen MR) is 152 cm³/mol. The lowest BCUT2D eigenvalue weighted by molar-refractivity contribution is -0.190. The summed E-state index contributed by atoms with van der Waals surface area (Å²) in [5, 5.41) is 2.61. The van der Waals surface area contributed by atoms with Gasteiger partial charge in [-0.2, -0.15) is 0 Å². The van der Waals surface area contributed by atoms with Gasteiger partial charge in [-0.1, -0.05) is 103 Å². The Kier molecular flexibility index (Phi) is 12.6. The van der Waals surface area contributed by atoms with Gasteiger partial charge in [-0.3, -0.25) is 9.59 Å². The lowest BCUT2D eigenvalue weighted by atomic mass is 9.86. The number of allylic oxidation sites excluding steroid dienone is 1. The van der Waals surface area contributed by atoms with Crippen molar-refractivity contribution in [1.29, 1.82) is 0 Å². The minimum atomic E-state index is -0.788. The average Bonchev–Trinajstić information content (AvgIpc) is 2.91. The number of halogens is 1. The molecule has 1 N–H and O–H groups in total. The summed E-state index contributed by atoms with van der Waals surface area (Å²) in [6, 6.07) is 16.7. The van der Waals surface area contributed by atoms with Crippen molar-refractivity contribution in [3.05, 3.63) is 76.3 Å². The Bertz CT molecular complexity index is 1040. The molecule has 204 valence electrons. The monoisotopic (exact) mass is 583 g/mol. The molecule has 0 radical (unpaired) electrons. The number of ether oxygens (including phenoxy) is 2. The molecule has 3 rings (SSSR count). The maximum absolute atomic E-state index is 13.1. The average molecular weight is 585 g/mol. The maximum atomic E-state index is 13.1. The van der Waals surface area contributed by atoms with Crippen molar-refractivity contribution >= 4 is 40.4 Å². The van der Waals surface area contributed by atoms with Crippen molar-refractivity contribution in [2.45, 2.75) is 83.0 Å². The second-order valence-corrected chi connectivity index (χ2v) is 10.7. The molecule has 0 bridgehead atoms. The minimum Gasteiger partial charge on any atom is -0.461 e. The van der Waals surface area contributed by atoms with E-state index in [1.54, 1.807) is 0 Å². The molecule has 6 nitrogen and oxygen atoms in total. The summed E-state index contributed by atoms with van der Waals surface area (Å²) in [7, 11) is 0. The van der Waals surface area contributed by atoms with Gasteiger partial charge < -0.3 is 14.8 Å². The number of hydrogen-bond donors (Lipinski definition) is 1. The summed E-state index contributed by atoms with van der Waals surface area (Å²) in [5.41, 5.74) is 2.01. The molecular weight excluding hydrogens is 546 g/mol. The van der Waals surface area contributed by atoms with Crippen LogP contribution in [0, 0.1) is 5.92 Å². The first-order chi connectivity index (χ1) is 18.5. The highest BCUT2D eigenvalue weighted by molar-refractivity contribution is 9.10. The van der Waals surface area contributed by atoms with Gasteiger partial charge in [-0.15, -0.1) is 0 Å². The van der Waals surface area contributed by atoms with Crippen LogP contribution in [0.4, 0.5) is 0 Å². The van der Waals surface area contributed by atoms with Crippen LogP contribution in [0.3, 0.4) is 0 Å². The molecule has 1 fully saturated rings. The molecule has 38 heavy (non-hydrogen) atoms. The van der Waals surface area contributed by atoms with Crippen LogP contribution in [0.5, 0.6) is 0 Å². The zero-order valence-electron chi connectivity index (χ0n) is 22.0. The van der Waals surface area contributed by atoms with Gasteiger partial charge in [-0.25, -0.2) is 4.79 Å². The minimum absolute atomic E-state index is 0.139. The predicted octanol–water partition coefficient (Wildman–Crippen LogP) is 6.41. The van der Waals surface area contributed by atoms with Crippen LogP contribution < -0.4 is 5.32 Å². The third-order valence-corrected chi connectivity index (χ3v) is 7.37. The quantitative estimate of drug-likeness (QED) is 0.132. The number of carbonyl (C=O) groups excluding carboxylic acids is 3. The Balaban J connectivity index is 1.63. The number of esters is 2. The van der Waals surface area contributed by atoms with Gasteiger partial charge in [-0.05, 0) is 42.5 Å². The summed E-state index contributed by atoms with van der Waals surface area (Å²) >= 11 is 3.44. The van der Waals surface area contributed by atoms with Gasteiger partial charge >= 0.3 is 11.9 Å². The molecule has 0 saturated carbocycles. The molecule has 1 aliphatic heterocycles. The first-order valence-corrected chi connectivity index (χ1v) is 14.4. The Morgan fingerprint density at radius 2 is 1.87 bits per heavy atom. The van der Waals surface area contributed by atoms with Crippen molar-refractivity contribution < 1.29 is 23.9 Å².